The lowest BCUT2D eigenvalue weighted by Gasteiger charge is -2.32. The molecule has 2 aliphatic rings. The monoisotopic (exact) mass is 458 g/mol. The highest BCUT2D eigenvalue weighted by Gasteiger charge is 2.29. The number of benzene rings is 2. The molecular weight excluding hydrogens is 428 g/mol. The Morgan fingerprint density at radius 1 is 1.00 bits per heavy atom. The molecule has 1 amide bonds. The summed E-state index contributed by atoms with van der Waals surface area (Å²) < 4.78 is 38.7. The number of amides is 1. The number of rotatable bonds is 5. The number of carbonyl (C=O) groups is 1. The molecule has 8 heteroatoms. The Labute approximate surface area is 190 Å². The van der Waals surface area contributed by atoms with Gasteiger partial charge in [0.2, 0.25) is 10.0 Å². The molecule has 0 radical (unpaired) electrons. The summed E-state index contributed by atoms with van der Waals surface area (Å²) in [6.45, 7) is 6.66. The standard InChI is InChI=1S/C24H30N2O5S/c1-18-6-7-19(2)23(16-18)31-21-8-10-25(11-9-21)24(27)20-4-3-5-22(17-20)32(28,29)26-12-14-30-15-13-26/h3-7,16-17,21H,8-15H2,1-2H3. The Balaban J connectivity index is 1.40. The Morgan fingerprint density at radius 2 is 1.72 bits per heavy atom. The van der Waals surface area contributed by atoms with Crippen molar-refractivity contribution in [3.8, 4) is 5.75 Å². The summed E-state index contributed by atoms with van der Waals surface area (Å²) in [5, 5.41) is 0. The fraction of sp³-hybridized carbons (Fsp3) is 0.458. The van der Waals surface area contributed by atoms with Crippen molar-refractivity contribution >= 4 is 15.9 Å². The van der Waals surface area contributed by atoms with Crippen molar-refractivity contribution in [3.05, 3.63) is 59.2 Å². The lowest BCUT2D eigenvalue weighted by Crippen LogP contribution is -2.42. The minimum Gasteiger partial charge on any atom is -0.490 e. The van der Waals surface area contributed by atoms with E-state index in [-0.39, 0.29) is 16.9 Å². The van der Waals surface area contributed by atoms with Gasteiger partial charge >= 0.3 is 0 Å². The van der Waals surface area contributed by atoms with Crippen LogP contribution in [0.4, 0.5) is 0 Å². The number of sulfonamides is 1. The van der Waals surface area contributed by atoms with E-state index < -0.39 is 10.0 Å². The molecule has 0 aliphatic carbocycles. The third-order valence-corrected chi connectivity index (χ3v) is 7.95. The van der Waals surface area contributed by atoms with Gasteiger partial charge in [0.1, 0.15) is 11.9 Å². The fourth-order valence-corrected chi connectivity index (χ4v) is 5.55. The first kappa shape index (κ1) is 22.8. The highest BCUT2D eigenvalue weighted by atomic mass is 32.2. The van der Waals surface area contributed by atoms with E-state index in [0.29, 0.717) is 45.0 Å². The van der Waals surface area contributed by atoms with E-state index in [2.05, 4.69) is 12.1 Å². The van der Waals surface area contributed by atoms with Gasteiger partial charge in [0, 0.05) is 44.6 Å². The minimum atomic E-state index is -3.64. The summed E-state index contributed by atoms with van der Waals surface area (Å²) in [6, 6.07) is 12.5. The SMILES string of the molecule is Cc1ccc(C)c(OC2CCN(C(=O)c3cccc(S(=O)(=O)N4CCOCC4)c3)CC2)c1. The van der Waals surface area contributed by atoms with E-state index in [1.165, 1.54) is 10.4 Å². The number of carbonyl (C=O) groups excluding carboxylic acids is 1. The Morgan fingerprint density at radius 3 is 2.44 bits per heavy atom. The number of aryl methyl sites for hydroxylation is 2. The average Bonchev–Trinajstić information content (AvgIpc) is 2.82. The molecule has 32 heavy (non-hydrogen) atoms. The van der Waals surface area contributed by atoms with Crippen LogP contribution in [0.3, 0.4) is 0 Å². The normalized spacial score (nSPS) is 18.5. The van der Waals surface area contributed by atoms with Crippen LogP contribution in [0.2, 0.25) is 0 Å². The molecule has 2 fully saturated rings. The fourth-order valence-electron chi connectivity index (χ4n) is 4.10. The van der Waals surface area contributed by atoms with E-state index in [1.807, 2.05) is 19.9 Å². The van der Waals surface area contributed by atoms with Crippen molar-refractivity contribution in [1.82, 2.24) is 9.21 Å². The van der Waals surface area contributed by atoms with Gasteiger partial charge in [0.15, 0.2) is 0 Å². The maximum absolute atomic E-state index is 13.1. The van der Waals surface area contributed by atoms with Gasteiger partial charge in [-0.25, -0.2) is 8.42 Å². The summed E-state index contributed by atoms with van der Waals surface area (Å²) in [5.41, 5.74) is 2.66. The Kier molecular flexibility index (Phi) is 6.83. The highest BCUT2D eigenvalue weighted by molar-refractivity contribution is 7.89. The summed E-state index contributed by atoms with van der Waals surface area (Å²) in [6.07, 6.45) is 1.54. The first-order valence-electron chi connectivity index (χ1n) is 11.1. The number of nitrogens with zero attached hydrogens (tertiary/aromatic N) is 2. The first-order valence-corrected chi connectivity index (χ1v) is 12.5. The second-order valence-corrected chi connectivity index (χ2v) is 10.4. The third kappa shape index (κ3) is 4.98. The van der Waals surface area contributed by atoms with Gasteiger partial charge < -0.3 is 14.4 Å². The van der Waals surface area contributed by atoms with Crippen molar-refractivity contribution < 1.29 is 22.7 Å². The number of ether oxygens (including phenoxy) is 2. The van der Waals surface area contributed by atoms with Gasteiger partial charge in [0.05, 0.1) is 18.1 Å². The molecule has 2 heterocycles. The van der Waals surface area contributed by atoms with Crippen LogP contribution in [0.1, 0.15) is 34.3 Å². The van der Waals surface area contributed by atoms with Crippen molar-refractivity contribution in [2.75, 3.05) is 39.4 Å². The minimum absolute atomic E-state index is 0.0626. The van der Waals surface area contributed by atoms with Gasteiger partial charge in [-0.1, -0.05) is 18.2 Å². The molecule has 0 aromatic heterocycles. The topological polar surface area (TPSA) is 76.2 Å². The van der Waals surface area contributed by atoms with E-state index in [1.54, 1.807) is 23.1 Å². The summed E-state index contributed by atoms with van der Waals surface area (Å²) in [7, 11) is -3.64. The number of hydrogen-bond donors (Lipinski definition) is 0. The van der Waals surface area contributed by atoms with Crippen LogP contribution < -0.4 is 4.74 Å². The van der Waals surface area contributed by atoms with Crippen LogP contribution in [-0.2, 0) is 14.8 Å². The van der Waals surface area contributed by atoms with Crippen LogP contribution in [0.25, 0.3) is 0 Å². The van der Waals surface area contributed by atoms with Crippen molar-refractivity contribution in [3.63, 3.8) is 0 Å². The molecule has 0 unspecified atom stereocenters. The molecule has 4 rings (SSSR count). The van der Waals surface area contributed by atoms with Gasteiger partial charge in [-0.2, -0.15) is 4.31 Å². The lowest BCUT2D eigenvalue weighted by molar-refractivity contribution is 0.0594. The number of piperidine rings is 1. The van der Waals surface area contributed by atoms with Crippen LogP contribution in [0.15, 0.2) is 47.4 Å². The highest BCUT2D eigenvalue weighted by Crippen LogP contribution is 2.25. The predicted molar refractivity (Wildman–Crippen MR) is 121 cm³/mol. The molecular formula is C24H30N2O5S. The van der Waals surface area contributed by atoms with Crippen LogP contribution in [0.5, 0.6) is 5.75 Å². The largest absolute Gasteiger partial charge is 0.490 e. The molecule has 2 aliphatic heterocycles. The van der Waals surface area contributed by atoms with Gasteiger partial charge in [-0.15, -0.1) is 0 Å². The molecule has 172 valence electrons. The van der Waals surface area contributed by atoms with Crippen molar-refractivity contribution in [2.24, 2.45) is 0 Å². The van der Waals surface area contributed by atoms with Crippen molar-refractivity contribution in [2.45, 2.75) is 37.7 Å². The van der Waals surface area contributed by atoms with E-state index in [4.69, 9.17) is 9.47 Å². The summed E-state index contributed by atoms with van der Waals surface area (Å²) in [4.78, 5) is 15.0. The average molecular weight is 459 g/mol. The maximum Gasteiger partial charge on any atom is 0.253 e. The van der Waals surface area contributed by atoms with Gasteiger partial charge in [-0.3, -0.25) is 4.79 Å². The Bertz CT molecular complexity index is 1070. The summed E-state index contributed by atoms with van der Waals surface area (Å²) >= 11 is 0. The second kappa shape index (κ2) is 9.60. The van der Waals surface area contributed by atoms with Crippen molar-refractivity contribution in [1.29, 1.82) is 0 Å². The molecule has 7 nitrogen and oxygen atoms in total. The molecule has 0 bridgehead atoms. The van der Waals surface area contributed by atoms with Crippen LogP contribution in [-0.4, -0.2) is 69.0 Å². The number of hydrogen-bond acceptors (Lipinski definition) is 5. The molecule has 0 spiro atoms. The zero-order valence-electron chi connectivity index (χ0n) is 18.6. The molecule has 2 saturated heterocycles. The van der Waals surface area contributed by atoms with E-state index in [9.17, 15) is 13.2 Å². The van der Waals surface area contributed by atoms with Gasteiger partial charge in [-0.05, 0) is 49.2 Å². The lowest BCUT2D eigenvalue weighted by atomic mass is 10.1. The predicted octanol–water partition coefficient (Wildman–Crippen LogP) is 3.01. The molecule has 0 N–H and O–H groups in total. The van der Waals surface area contributed by atoms with Crippen LogP contribution in [0, 0.1) is 13.8 Å². The smallest absolute Gasteiger partial charge is 0.253 e. The molecule has 2 aromatic rings. The zero-order chi connectivity index (χ0) is 22.7. The summed E-state index contributed by atoms with van der Waals surface area (Å²) in [5.74, 6) is 0.755. The third-order valence-electron chi connectivity index (χ3n) is 6.06. The zero-order valence-corrected chi connectivity index (χ0v) is 19.4. The Hall–Kier alpha value is -2.42. The van der Waals surface area contributed by atoms with E-state index in [0.717, 1.165) is 29.7 Å². The number of morpholine rings is 1. The molecule has 2 aromatic carbocycles. The van der Waals surface area contributed by atoms with Crippen LogP contribution >= 0.6 is 0 Å². The molecule has 0 saturated carbocycles. The van der Waals surface area contributed by atoms with E-state index >= 15 is 0 Å². The number of likely N-dealkylation sites (tertiary alicyclic amines) is 1. The second-order valence-electron chi connectivity index (χ2n) is 8.42. The molecule has 0 atom stereocenters. The maximum atomic E-state index is 13.1. The first-order chi connectivity index (χ1) is 15.3. The quantitative estimate of drug-likeness (QED) is 0.689. The van der Waals surface area contributed by atoms with Gasteiger partial charge in [0.25, 0.3) is 5.91 Å².